The number of alkyl halides is 3. The molecule has 1 atom stereocenters. The smallest absolute Gasteiger partial charge is 0.354 e. The SMILES string of the molecule is CCCNC(=O)[C@H](Cc1ccccc1)N(Cc1ccccc1C)C(=O)CN(c1cccc(C(F)(F)F)c1)S(=O)(=O)c1ccccc1. The topological polar surface area (TPSA) is 86.8 Å². The van der Waals surface area contributed by atoms with Gasteiger partial charge in [-0.15, -0.1) is 0 Å². The third-order valence-corrected chi connectivity index (χ3v) is 9.28. The highest BCUT2D eigenvalue weighted by Gasteiger charge is 2.36. The molecule has 11 heteroatoms. The molecule has 0 aliphatic carbocycles. The van der Waals surface area contributed by atoms with Crippen LogP contribution in [-0.4, -0.2) is 44.3 Å². The van der Waals surface area contributed by atoms with Gasteiger partial charge < -0.3 is 10.2 Å². The number of benzene rings is 4. The number of carbonyl (C=O) groups is 2. The van der Waals surface area contributed by atoms with Crippen molar-refractivity contribution in [2.45, 2.75) is 50.3 Å². The van der Waals surface area contributed by atoms with Crippen LogP contribution in [0, 0.1) is 6.92 Å². The van der Waals surface area contributed by atoms with Crippen molar-refractivity contribution in [3.8, 4) is 0 Å². The third-order valence-electron chi connectivity index (χ3n) is 7.49. The number of rotatable bonds is 13. The number of anilines is 1. The van der Waals surface area contributed by atoms with Crippen molar-refractivity contribution in [1.82, 2.24) is 10.2 Å². The second-order valence-corrected chi connectivity index (χ2v) is 12.7. The molecule has 0 aromatic heterocycles. The average molecular weight is 652 g/mol. The molecular weight excluding hydrogens is 615 g/mol. The van der Waals surface area contributed by atoms with Crippen LogP contribution in [-0.2, 0) is 38.8 Å². The highest BCUT2D eigenvalue weighted by molar-refractivity contribution is 7.92. The Bertz CT molecular complexity index is 1730. The molecule has 0 unspecified atom stereocenters. The number of hydrogen-bond donors (Lipinski definition) is 1. The molecule has 0 heterocycles. The lowest BCUT2D eigenvalue weighted by Crippen LogP contribution is -2.53. The Balaban J connectivity index is 1.84. The zero-order chi connectivity index (χ0) is 33.3. The number of aryl methyl sites for hydroxylation is 1. The lowest BCUT2D eigenvalue weighted by atomic mass is 10.0. The summed E-state index contributed by atoms with van der Waals surface area (Å²) in [4.78, 5) is 29.2. The minimum Gasteiger partial charge on any atom is -0.354 e. The Kier molecular flexibility index (Phi) is 11.2. The zero-order valence-electron chi connectivity index (χ0n) is 25.6. The highest BCUT2D eigenvalue weighted by atomic mass is 32.2. The van der Waals surface area contributed by atoms with E-state index in [4.69, 9.17) is 0 Å². The first-order chi connectivity index (χ1) is 21.9. The monoisotopic (exact) mass is 651 g/mol. The molecule has 0 bridgehead atoms. The molecule has 4 aromatic rings. The summed E-state index contributed by atoms with van der Waals surface area (Å²) in [7, 11) is -4.53. The second-order valence-electron chi connectivity index (χ2n) is 10.8. The van der Waals surface area contributed by atoms with Gasteiger partial charge in [-0.05, 0) is 60.4 Å². The van der Waals surface area contributed by atoms with E-state index in [9.17, 15) is 31.2 Å². The summed E-state index contributed by atoms with van der Waals surface area (Å²) in [5, 5.41) is 2.86. The lowest BCUT2D eigenvalue weighted by molar-refractivity contribution is -0.140. The van der Waals surface area contributed by atoms with E-state index in [-0.39, 0.29) is 23.5 Å². The van der Waals surface area contributed by atoms with E-state index >= 15 is 0 Å². The molecular formula is C35H36F3N3O4S. The number of sulfonamides is 1. The number of nitrogens with zero attached hydrogens (tertiary/aromatic N) is 2. The van der Waals surface area contributed by atoms with Crippen LogP contribution in [0.4, 0.5) is 18.9 Å². The van der Waals surface area contributed by atoms with Gasteiger partial charge in [0.2, 0.25) is 11.8 Å². The molecule has 0 aliphatic rings. The Labute approximate surface area is 267 Å². The molecule has 0 saturated heterocycles. The summed E-state index contributed by atoms with van der Waals surface area (Å²) < 4.78 is 69.9. The van der Waals surface area contributed by atoms with E-state index in [2.05, 4.69) is 5.32 Å². The summed E-state index contributed by atoms with van der Waals surface area (Å²) in [5.41, 5.74) is 0.947. The molecule has 0 radical (unpaired) electrons. The number of carbonyl (C=O) groups excluding carboxylic acids is 2. The minimum absolute atomic E-state index is 0.0373. The molecule has 4 rings (SSSR count). The van der Waals surface area contributed by atoms with E-state index in [0.717, 1.165) is 28.8 Å². The van der Waals surface area contributed by atoms with Crippen LogP contribution >= 0.6 is 0 Å². The van der Waals surface area contributed by atoms with Gasteiger partial charge in [-0.1, -0.05) is 85.8 Å². The summed E-state index contributed by atoms with van der Waals surface area (Å²) in [6.07, 6.45) is -3.98. The van der Waals surface area contributed by atoms with Gasteiger partial charge in [-0.3, -0.25) is 13.9 Å². The van der Waals surface area contributed by atoms with Gasteiger partial charge in [0.15, 0.2) is 0 Å². The van der Waals surface area contributed by atoms with Crippen LogP contribution in [0.15, 0.2) is 114 Å². The van der Waals surface area contributed by atoms with E-state index in [1.165, 1.54) is 35.2 Å². The maximum atomic E-state index is 14.4. The van der Waals surface area contributed by atoms with Crippen LogP contribution in [0.25, 0.3) is 0 Å². The van der Waals surface area contributed by atoms with Crippen molar-refractivity contribution in [1.29, 1.82) is 0 Å². The van der Waals surface area contributed by atoms with E-state index in [1.807, 2.05) is 62.4 Å². The normalized spacial score (nSPS) is 12.3. The fraction of sp³-hybridized carbons (Fsp3) is 0.257. The van der Waals surface area contributed by atoms with Crippen LogP contribution in [0.1, 0.15) is 35.6 Å². The summed E-state index contributed by atoms with van der Waals surface area (Å²) in [5.74, 6) is -1.18. The molecule has 0 spiro atoms. The lowest BCUT2D eigenvalue weighted by Gasteiger charge is -2.34. The Morgan fingerprint density at radius 1 is 0.848 bits per heavy atom. The molecule has 2 amide bonds. The van der Waals surface area contributed by atoms with Gasteiger partial charge >= 0.3 is 6.18 Å². The fourth-order valence-corrected chi connectivity index (χ4v) is 6.40. The first-order valence-electron chi connectivity index (χ1n) is 14.8. The number of amides is 2. The maximum Gasteiger partial charge on any atom is 0.416 e. The molecule has 0 aliphatic heterocycles. The summed E-state index contributed by atoms with van der Waals surface area (Å²) in [6, 6.07) is 26.4. The maximum absolute atomic E-state index is 14.4. The largest absolute Gasteiger partial charge is 0.416 e. The van der Waals surface area contributed by atoms with Crippen molar-refractivity contribution in [3.63, 3.8) is 0 Å². The van der Waals surface area contributed by atoms with Gasteiger partial charge in [0.25, 0.3) is 10.0 Å². The minimum atomic E-state index is -4.75. The van der Waals surface area contributed by atoms with Crippen LogP contribution < -0.4 is 9.62 Å². The third kappa shape index (κ3) is 8.54. The standard InChI is InChI=1S/C35H36F3N3O4S/c1-3-21-39-34(43)32(22-27-14-6-4-7-15-27)40(24-28-16-11-10-13-26(28)2)33(42)25-41(46(44,45)31-19-8-5-9-20-31)30-18-12-17-29(23-30)35(36,37)38/h4-20,23,32H,3,21-22,24-25H2,1-2H3,(H,39,43)/t32-/m0/s1. The quantitative estimate of drug-likeness (QED) is 0.182. The van der Waals surface area contributed by atoms with E-state index in [0.29, 0.717) is 23.3 Å². The molecule has 0 saturated carbocycles. The molecule has 7 nitrogen and oxygen atoms in total. The average Bonchev–Trinajstić information content (AvgIpc) is 3.05. The van der Waals surface area contributed by atoms with Gasteiger partial charge in [-0.25, -0.2) is 8.42 Å². The predicted molar refractivity (Wildman–Crippen MR) is 171 cm³/mol. The second kappa shape index (κ2) is 15.1. The summed E-state index contributed by atoms with van der Waals surface area (Å²) in [6.45, 7) is 3.22. The molecule has 242 valence electrons. The Morgan fingerprint density at radius 2 is 1.48 bits per heavy atom. The number of nitrogens with one attached hydrogen (secondary N) is 1. The Morgan fingerprint density at radius 3 is 2.11 bits per heavy atom. The molecule has 0 fully saturated rings. The predicted octanol–water partition coefficient (Wildman–Crippen LogP) is 6.38. The van der Waals surface area contributed by atoms with Crippen molar-refractivity contribution < 1.29 is 31.2 Å². The van der Waals surface area contributed by atoms with Gasteiger partial charge in [0.05, 0.1) is 16.1 Å². The van der Waals surface area contributed by atoms with Crippen LogP contribution in [0.2, 0.25) is 0 Å². The van der Waals surface area contributed by atoms with Crippen LogP contribution in [0.5, 0.6) is 0 Å². The fourth-order valence-electron chi connectivity index (χ4n) is 4.98. The molecule has 46 heavy (non-hydrogen) atoms. The van der Waals surface area contributed by atoms with Gasteiger partial charge in [-0.2, -0.15) is 13.2 Å². The van der Waals surface area contributed by atoms with Crippen molar-refractivity contribution in [3.05, 3.63) is 131 Å². The molecule has 1 N–H and O–H groups in total. The van der Waals surface area contributed by atoms with Gasteiger partial charge in [0, 0.05) is 19.5 Å². The Hall–Kier alpha value is -4.64. The highest BCUT2D eigenvalue weighted by Crippen LogP contribution is 2.33. The first-order valence-corrected chi connectivity index (χ1v) is 16.3. The van der Waals surface area contributed by atoms with E-state index < -0.39 is 46.2 Å². The first kappa shape index (κ1) is 34.2. The summed E-state index contributed by atoms with van der Waals surface area (Å²) >= 11 is 0. The van der Waals surface area contributed by atoms with E-state index in [1.54, 1.807) is 12.1 Å². The van der Waals surface area contributed by atoms with Crippen molar-refractivity contribution in [2.75, 3.05) is 17.4 Å². The van der Waals surface area contributed by atoms with Gasteiger partial charge in [0.1, 0.15) is 12.6 Å². The number of hydrogen-bond acceptors (Lipinski definition) is 4. The zero-order valence-corrected chi connectivity index (χ0v) is 26.4. The van der Waals surface area contributed by atoms with Crippen molar-refractivity contribution in [2.24, 2.45) is 0 Å². The molecule has 4 aromatic carbocycles. The van der Waals surface area contributed by atoms with Crippen molar-refractivity contribution >= 4 is 27.5 Å². The number of halogens is 3. The van der Waals surface area contributed by atoms with Crippen LogP contribution in [0.3, 0.4) is 0 Å².